The van der Waals surface area contributed by atoms with Gasteiger partial charge in [0.1, 0.15) is 26.4 Å². The number of carboxylic acid groups (broad SMARTS) is 1. The smallest absolute Gasteiger partial charge is 0.410 e. The van der Waals surface area contributed by atoms with Gasteiger partial charge in [-0.15, -0.1) is 0 Å². The standard InChI is InChI=1S/C25H25N5O4S2.C15H11N3O4S.C15H24N2O3S.C10H16N2OS.CH4/c1-17-15-20(35-28-17)16-25(32)9-13-30(14-10-25)24(31)18-5-7-19(8-6-18)29-36(33,34)22-4-2-3-21-23(22)27-12-11-26-21;19-15(20)10-4-6-11(7-5-10)18-23(21,22)13-3-1-2-12-14(13)17-9-8-16-12;1-11-9-12(21-16-11)10-15(19)5-7-17(8-6-15)13(18)20-14(2,3)4;1-8-6-9(14-12-8)7-10(13)2-4-11-5-3-10;/h2-8,11-12,15,29,32H,9-10,13-14,16H2,1H3;1-9,18H,(H,19,20);9,19H,5-8,10H2,1-4H3;6,11,13H,2-5,7H2,1H3;1H4. The summed E-state index contributed by atoms with van der Waals surface area (Å²) in [4.78, 5) is 59.1. The van der Waals surface area contributed by atoms with Gasteiger partial charge in [0.05, 0.1) is 50.5 Å². The first-order valence-corrected chi connectivity index (χ1v) is 35.6. The number of carbonyl (C=O) groups is 3. The van der Waals surface area contributed by atoms with Gasteiger partial charge >= 0.3 is 12.1 Å². The van der Waals surface area contributed by atoms with Gasteiger partial charge in [-0.05, 0) is 219 Å². The summed E-state index contributed by atoms with van der Waals surface area (Å²) in [6.45, 7) is 15.3. The van der Waals surface area contributed by atoms with Crippen molar-refractivity contribution in [2.45, 2.75) is 139 Å². The predicted molar refractivity (Wildman–Crippen MR) is 368 cm³/mol. The molecule has 8 heterocycles. The highest BCUT2D eigenvalue weighted by atomic mass is 32.2. The fourth-order valence-electron chi connectivity index (χ4n) is 10.8. The first-order valence-electron chi connectivity index (χ1n) is 30.3. The first-order chi connectivity index (χ1) is 44.5. The van der Waals surface area contributed by atoms with Crippen molar-refractivity contribution < 1.29 is 56.4 Å². The highest BCUT2D eigenvalue weighted by molar-refractivity contribution is 7.93. The third-order valence-corrected chi connectivity index (χ3v) is 21.1. The summed E-state index contributed by atoms with van der Waals surface area (Å²) >= 11 is 4.36. The minimum atomic E-state index is -3.91. The highest BCUT2D eigenvalue weighted by Crippen LogP contribution is 2.32. The van der Waals surface area contributed by atoms with Crippen LogP contribution in [0.25, 0.3) is 22.1 Å². The molecule has 0 bridgehead atoms. The van der Waals surface area contributed by atoms with Crippen LogP contribution in [0.1, 0.15) is 119 Å². The van der Waals surface area contributed by atoms with Crippen LogP contribution >= 0.6 is 34.6 Å². The number of piperidine rings is 3. The number of ether oxygens (including phenoxy) is 1. The number of aryl methyl sites for hydroxylation is 3. The van der Waals surface area contributed by atoms with E-state index in [0.29, 0.717) is 87.0 Å². The molecule has 506 valence electrons. The molecule has 9 aromatic rings. The second kappa shape index (κ2) is 31.3. The minimum absolute atomic E-state index is 0. The number of aliphatic hydroxyl groups is 3. The lowest BCUT2D eigenvalue weighted by Crippen LogP contribution is -2.48. The lowest BCUT2D eigenvalue weighted by molar-refractivity contribution is -0.0312. The Balaban J connectivity index is 0.000000171. The number of para-hydroxylation sites is 2. The van der Waals surface area contributed by atoms with Crippen LogP contribution < -0.4 is 14.8 Å². The van der Waals surface area contributed by atoms with E-state index in [2.05, 4.69) is 53.9 Å². The van der Waals surface area contributed by atoms with Crippen LogP contribution in [0.5, 0.6) is 0 Å². The number of benzene rings is 4. The van der Waals surface area contributed by atoms with Crippen LogP contribution in [0, 0.1) is 20.8 Å². The minimum Gasteiger partial charge on any atom is -0.478 e. The van der Waals surface area contributed by atoms with Crippen LogP contribution in [0.15, 0.2) is 138 Å². The molecule has 5 aromatic heterocycles. The molecule has 3 fully saturated rings. The van der Waals surface area contributed by atoms with E-state index in [1.807, 2.05) is 53.7 Å². The third-order valence-electron chi connectivity index (χ3n) is 15.7. The molecule has 12 rings (SSSR count). The van der Waals surface area contributed by atoms with Crippen LogP contribution in [-0.4, -0.2) is 160 Å². The summed E-state index contributed by atoms with van der Waals surface area (Å²) < 4.78 is 74.1. The van der Waals surface area contributed by atoms with Crippen LogP contribution in [-0.2, 0) is 44.0 Å². The van der Waals surface area contributed by atoms with E-state index < -0.39 is 48.4 Å². The summed E-state index contributed by atoms with van der Waals surface area (Å²) in [6, 6.07) is 27.3. The van der Waals surface area contributed by atoms with Crippen LogP contribution in [0.4, 0.5) is 16.2 Å². The molecule has 7 N–H and O–H groups in total. The zero-order chi connectivity index (χ0) is 67.5. The fourth-order valence-corrected chi connectivity index (χ4v) is 15.8. The molecule has 3 aliphatic heterocycles. The van der Waals surface area contributed by atoms with E-state index in [-0.39, 0.29) is 51.5 Å². The Bertz CT molecular complexity index is 4300. The molecule has 0 saturated carbocycles. The Labute approximate surface area is 565 Å². The number of nitrogens with one attached hydrogen (secondary N) is 3. The number of rotatable bonds is 14. The number of fused-ring (bicyclic) bond motifs is 2. The highest BCUT2D eigenvalue weighted by Gasteiger charge is 2.37. The number of anilines is 2. The van der Waals surface area contributed by atoms with Gasteiger partial charge in [0.2, 0.25) is 0 Å². The van der Waals surface area contributed by atoms with Gasteiger partial charge in [-0.3, -0.25) is 34.2 Å². The maximum absolute atomic E-state index is 13.0. The van der Waals surface area contributed by atoms with E-state index in [0.717, 1.165) is 59.2 Å². The molecule has 24 nitrogen and oxygen atoms in total. The number of likely N-dealkylation sites (tertiary alicyclic amines) is 2. The number of carbonyl (C=O) groups excluding carboxylic acids is 2. The number of hydrogen-bond donors (Lipinski definition) is 7. The number of aromatic carboxylic acids is 1. The van der Waals surface area contributed by atoms with Gasteiger partial charge in [0.25, 0.3) is 26.0 Å². The SMILES string of the molecule is C.Cc1cc(CC2(O)CCN(C(=O)OC(C)(C)C)CC2)sn1.Cc1cc(CC2(O)CCN(C(=O)c3ccc(NS(=O)(=O)c4cccc5nccnc45)cc3)CC2)sn1.Cc1cc(CC2(O)CCNCC2)sn1.O=C(O)c1ccc(NS(=O)(=O)c2cccc3nccnc23)cc1. The molecule has 2 amide bonds. The number of amides is 2. The summed E-state index contributed by atoms with van der Waals surface area (Å²) in [5.74, 6) is -1.23. The van der Waals surface area contributed by atoms with E-state index in [1.54, 1.807) is 58.3 Å². The maximum atomic E-state index is 13.0. The number of sulfonamides is 2. The molecule has 0 aliphatic carbocycles. The van der Waals surface area contributed by atoms with E-state index in [4.69, 9.17) is 9.84 Å². The van der Waals surface area contributed by atoms with Crippen molar-refractivity contribution in [2.24, 2.45) is 0 Å². The number of carboxylic acids is 1. The van der Waals surface area contributed by atoms with Gasteiger partial charge in [0, 0.05) is 102 Å². The molecule has 29 heteroatoms. The lowest BCUT2D eigenvalue weighted by atomic mass is 9.87. The van der Waals surface area contributed by atoms with Crippen molar-refractivity contribution in [3.05, 3.63) is 171 Å². The van der Waals surface area contributed by atoms with Crippen molar-refractivity contribution in [2.75, 3.05) is 48.7 Å². The summed E-state index contributed by atoms with van der Waals surface area (Å²) in [5, 5.41) is 44.0. The average Bonchev–Trinajstić information content (AvgIpc) is 1.41. The Hall–Kier alpha value is -8.00. The number of hydrogen-bond acceptors (Lipinski definition) is 22. The second-order valence-corrected chi connectivity index (χ2v) is 30.5. The van der Waals surface area contributed by atoms with E-state index >= 15 is 0 Å². The van der Waals surface area contributed by atoms with Gasteiger partial charge in [0.15, 0.2) is 0 Å². The summed E-state index contributed by atoms with van der Waals surface area (Å²) in [6.07, 6.45) is 11.3. The molecule has 0 spiro atoms. The van der Waals surface area contributed by atoms with Gasteiger partial charge in [-0.2, -0.15) is 13.1 Å². The second-order valence-electron chi connectivity index (χ2n) is 24.5. The normalized spacial score (nSPS) is 15.9. The molecular formula is C66H80N12O12S5. The number of aromatic nitrogens is 7. The maximum Gasteiger partial charge on any atom is 0.410 e. The molecule has 4 aromatic carbocycles. The molecule has 3 saturated heterocycles. The quantitative estimate of drug-likeness (QED) is 0.0532. The molecule has 0 radical (unpaired) electrons. The topological polar surface area (TPSA) is 342 Å². The summed E-state index contributed by atoms with van der Waals surface area (Å²) in [7, 11) is -7.78. The zero-order valence-corrected chi connectivity index (χ0v) is 56.9. The molecular weight excluding hydrogens is 1310 g/mol. The van der Waals surface area contributed by atoms with Gasteiger partial charge < -0.3 is 40.3 Å². The number of nitrogens with zero attached hydrogens (tertiary/aromatic N) is 9. The van der Waals surface area contributed by atoms with Crippen molar-refractivity contribution in [1.82, 2.24) is 48.2 Å². The zero-order valence-electron chi connectivity index (χ0n) is 52.9. The van der Waals surface area contributed by atoms with Crippen molar-refractivity contribution in [3.63, 3.8) is 0 Å². The van der Waals surface area contributed by atoms with Gasteiger partial charge in [-0.1, -0.05) is 19.6 Å². The molecule has 0 atom stereocenters. The largest absolute Gasteiger partial charge is 0.478 e. The van der Waals surface area contributed by atoms with Crippen molar-refractivity contribution >= 4 is 106 Å². The Morgan fingerprint density at radius 1 is 0.547 bits per heavy atom. The molecule has 0 unspecified atom stereocenters. The lowest BCUT2D eigenvalue weighted by Gasteiger charge is -2.38. The van der Waals surface area contributed by atoms with E-state index in [1.165, 1.54) is 101 Å². The van der Waals surface area contributed by atoms with Crippen molar-refractivity contribution in [1.29, 1.82) is 0 Å². The molecule has 95 heavy (non-hydrogen) atoms. The predicted octanol–water partition coefficient (Wildman–Crippen LogP) is 10.0. The Morgan fingerprint density at radius 2 is 0.916 bits per heavy atom. The summed E-state index contributed by atoms with van der Waals surface area (Å²) in [5.41, 5.74) is 3.07. The molecule has 3 aliphatic rings. The third kappa shape index (κ3) is 20.3. The monoisotopic (exact) mass is 1390 g/mol. The average molecular weight is 1390 g/mol. The van der Waals surface area contributed by atoms with Gasteiger partial charge in [-0.25, -0.2) is 26.4 Å². The fraction of sp³-hybridized carbons (Fsp3) is 0.394. The van der Waals surface area contributed by atoms with Crippen LogP contribution in [0.3, 0.4) is 0 Å². The van der Waals surface area contributed by atoms with Crippen LogP contribution in [0.2, 0.25) is 0 Å². The van der Waals surface area contributed by atoms with E-state index in [9.17, 15) is 46.5 Å². The first kappa shape index (κ1) is 72.8. The Kier molecular flexibility index (Phi) is 24.0. The van der Waals surface area contributed by atoms with Crippen molar-refractivity contribution in [3.8, 4) is 0 Å². The Morgan fingerprint density at radius 3 is 1.28 bits per heavy atom.